The third kappa shape index (κ3) is 6.27. The number of carbonyl (C=O) groups excluding carboxylic acids is 1. The Balaban J connectivity index is 2.54. The minimum Gasteiger partial charge on any atom is -0.380 e. The Bertz CT molecular complexity index is 425. The maximum atomic E-state index is 11.9. The largest absolute Gasteiger partial charge is 0.380 e. The Kier molecular flexibility index (Phi) is 7.40. The molecule has 0 saturated heterocycles. The second-order valence-corrected chi connectivity index (χ2v) is 5.93. The van der Waals surface area contributed by atoms with Gasteiger partial charge in [0, 0.05) is 13.7 Å². The topological polar surface area (TPSA) is 64.3 Å². The van der Waals surface area contributed by atoms with Crippen molar-refractivity contribution in [3.05, 3.63) is 35.4 Å². The Morgan fingerprint density at radius 2 is 1.86 bits per heavy atom. The van der Waals surface area contributed by atoms with Crippen LogP contribution in [0.5, 0.6) is 0 Å². The van der Waals surface area contributed by atoms with Crippen LogP contribution in [-0.2, 0) is 16.0 Å². The van der Waals surface area contributed by atoms with Gasteiger partial charge in [-0.1, -0.05) is 38.1 Å². The molecule has 2 unspecified atom stereocenters. The van der Waals surface area contributed by atoms with Gasteiger partial charge in [-0.3, -0.25) is 4.79 Å². The van der Waals surface area contributed by atoms with E-state index < -0.39 is 0 Å². The van der Waals surface area contributed by atoms with Gasteiger partial charge in [0.2, 0.25) is 5.91 Å². The van der Waals surface area contributed by atoms with Gasteiger partial charge in [-0.2, -0.15) is 0 Å². The third-order valence-electron chi connectivity index (χ3n) is 3.51. The zero-order valence-corrected chi connectivity index (χ0v) is 13.6. The molecule has 0 bridgehead atoms. The normalized spacial score (nSPS) is 14.0. The monoisotopic (exact) mass is 292 g/mol. The molecule has 0 spiro atoms. The summed E-state index contributed by atoms with van der Waals surface area (Å²) in [7, 11) is 1.57. The maximum Gasteiger partial charge on any atom is 0.223 e. The van der Waals surface area contributed by atoms with Crippen molar-refractivity contribution in [2.75, 3.05) is 13.7 Å². The van der Waals surface area contributed by atoms with Gasteiger partial charge in [0.05, 0.1) is 18.6 Å². The van der Waals surface area contributed by atoms with Crippen molar-refractivity contribution < 1.29 is 9.53 Å². The van der Waals surface area contributed by atoms with Crippen LogP contribution in [0.4, 0.5) is 0 Å². The first kappa shape index (κ1) is 17.7. The number of nitrogens with two attached hydrogens (primary N) is 1. The molecule has 4 heteroatoms. The van der Waals surface area contributed by atoms with Gasteiger partial charge in [-0.05, 0) is 30.4 Å². The smallest absolute Gasteiger partial charge is 0.223 e. The van der Waals surface area contributed by atoms with Gasteiger partial charge >= 0.3 is 0 Å². The molecule has 1 amide bonds. The van der Waals surface area contributed by atoms with Crippen molar-refractivity contribution in [3.63, 3.8) is 0 Å². The molecule has 0 aliphatic carbocycles. The molecular formula is C17H28N2O2. The van der Waals surface area contributed by atoms with Crippen molar-refractivity contribution in [3.8, 4) is 0 Å². The van der Waals surface area contributed by atoms with Crippen molar-refractivity contribution >= 4 is 5.91 Å². The zero-order chi connectivity index (χ0) is 15.8. The van der Waals surface area contributed by atoms with E-state index in [1.807, 2.05) is 6.92 Å². The van der Waals surface area contributed by atoms with E-state index >= 15 is 0 Å². The minimum absolute atomic E-state index is 0.0131. The molecule has 1 aromatic rings. The van der Waals surface area contributed by atoms with E-state index in [4.69, 9.17) is 10.5 Å². The summed E-state index contributed by atoms with van der Waals surface area (Å²) in [5.74, 6) is 0.612. The number of nitrogens with one attached hydrogen (secondary N) is 1. The first-order valence-electron chi connectivity index (χ1n) is 7.57. The van der Waals surface area contributed by atoms with Crippen LogP contribution in [0.1, 0.15) is 44.4 Å². The summed E-state index contributed by atoms with van der Waals surface area (Å²) < 4.78 is 5.12. The fourth-order valence-corrected chi connectivity index (χ4v) is 2.27. The highest BCUT2D eigenvalue weighted by Gasteiger charge is 2.14. The van der Waals surface area contributed by atoms with Gasteiger partial charge < -0.3 is 15.8 Å². The van der Waals surface area contributed by atoms with Crippen LogP contribution in [0, 0.1) is 5.92 Å². The van der Waals surface area contributed by atoms with Crippen LogP contribution in [-0.4, -0.2) is 25.7 Å². The number of hydrogen-bond acceptors (Lipinski definition) is 3. The molecule has 2 atom stereocenters. The van der Waals surface area contributed by atoms with E-state index in [0.717, 1.165) is 12.0 Å². The van der Waals surface area contributed by atoms with Crippen LogP contribution in [0.15, 0.2) is 24.3 Å². The number of rotatable bonds is 8. The lowest BCUT2D eigenvalue weighted by Gasteiger charge is -2.17. The summed E-state index contributed by atoms with van der Waals surface area (Å²) in [6.45, 7) is 6.75. The van der Waals surface area contributed by atoms with E-state index in [2.05, 4.69) is 43.4 Å². The van der Waals surface area contributed by atoms with Crippen molar-refractivity contribution in [2.24, 2.45) is 11.7 Å². The summed E-state index contributed by atoms with van der Waals surface area (Å²) in [6.07, 6.45) is 1.15. The second kappa shape index (κ2) is 8.80. The number of hydrogen-bond donors (Lipinski definition) is 2. The van der Waals surface area contributed by atoms with Gasteiger partial charge in [0.15, 0.2) is 0 Å². The predicted molar refractivity (Wildman–Crippen MR) is 86.0 cm³/mol. The molecule has 0 radical (unpaired) electrons. The number of ether oxygens (including phenoxy) is 1. The van der Waals surface area contributed by atoms with Gasteiger partial charge in [0.25, 0.3) is 0 Å². The van der Waals surface area contributed by atoms with Crippen molar-refractivity contribution in [1.29, 1.82) is 0 Å². The van der Waals surface area contributed by atoms with Gasteiger partial charge in [-0.25, -0.2) is 0 Å². The van der Waals surface area contributed by atoms with Crippen LogP contribution >= 0.6 is 0 Å². The Morgan fingerprint density at radius 3 is 2.33 bits per heavy atom. The summed E-state index contributed by atoms with van der Waals surface area (Å²) >= 11 is 0. The molecule has 0 aromatic heterocycles. The second-order valence-electron chi connectivity index (χ2n) is 5.93. The van der Waals surface area contributed by atoms with Gasteiger partial charge in [-0.15, -0.1) is 0 Å². The van der Waals surface area contributed by atoms with Crippen LogP contribution in [0.2, 0.25) is 0 Å². The molecule has 0 fully saturated rings. The molecule has 0 heterocycles. The number of carbonyl (C=O) groups is 1. The average molecular weight is 292 g/mol. The molecule has 1 rings (SSSR count). The number of amides is 1. The lowest BCUT2D eigenvalue weighted by atomic mass is 10.00. The van der Waals surface area contributed by atoms with Crippen molar-refractivity contribution in [1.82, 2.24) is 5.32 Å². The lowest BCUT2D eigenvalue weighted by Crippen LogP contribution is -2.33. The van der Waals surface area contributed by atoms with Crippen LogP contribution in [0.25, 0.3) is 0 Å². The lowest BCUT2D eigenvalue weighted by molar-refractivity contribution is -0.124. The molecule has 3 N–H and O–H groups in total. The highest BCUT2D eigenvalue weighted by Crippen LogP contribution is 2.15. The zero-order valence-electron chi connectivity index (χ0n) is 13.6. The summed E-state index contributed by atoms with van der Waals surface area (Å²) in [5, 5.41) is 2.98. The first-order chi connectivity index (χ1) is 9.96. The SMILES string of the molecule is COC(CN)CC(=O)NC(C)c1ccc(CC(C)C)cc1. The van der Waals surface area contributed by atoms with E-state index in [-0.39, 0.29) is 18.1 Å². The third-order valence-corrected chi connectivity index (χ3v) is 3.51. The van der Waals surface area contributed by atoms with Gasteiger partial charge in [0.1, 0.15) is 0 Å². The summed E-state index contributed by atoms with van der Waals surface area (Å²) in [5.41, 5.74) is 7.96. The average Bonchev–Trinajstić information content (AvgIpc) is 2.44. The Morgan fingerprint density at radius 1 is 1.24 bits per heavy atom. The fraction of sp³-hybridized carbons (Fsp3) is 0.588. The van der Waals surface area contributed by atoms with E-state index in [1.165, 1.54) is 5.56 Å². The van der Waals surface area contributed by atoms with Crippen LogP contribution < -0.4 is 11.1 Å². The summed E-state index contributed by atoms with van der Waals surface area (Å²) in [4.78, 5) is 11.9. The van der Waals surface area contributed by atoms with Crippen molar-refractivity contribution in [2.45, 2.75) is 45.8 Å². The quantitative estimate of drug-likeness (QED) is 0.773. The van der Waals surface area contributed by atoms with E-state index in [9.17, 15) is 4.79 Å². The number of methoxy groups -OCH3 is 1. The number of benzene rings is 1. The fourth-order valence-electron chi connectivity index (χ4n) is 2.27. The highest BCUT2D eigenvalue weighted by molar-refractivity contribution is 5.77. The molecule has 0 aliphatic rings. The highest BCUT2D eigenvalue weighted by atomic mass is 16.5. The molecule has 1 aromatic carbocycles. The molecule has 0 aliphatic heterocycles. The standard InChI is InChI=1S/C17H28N2O2/c1-12(2)9-14-5-7-15(8-6-14)13(3)19-17(20)10-16(11-18)21-4/h5-8,12-13,16H,9-11,18H2,1-4H3,(H,19,20). The minimum atomic E-state index is -0.217. The Hall–Kier alpha value is -1.39. The van der Waals surface area contributed by atoms with E-state index in [0.29, 0.717) is 18.9 Å². The first-order valence-corrected chi connectivity index (χ1v) is 7.57. The molecule has 4 nitrogen and oxygen atoms in total. The molecule has 0 saturated carbocycles. The van der Waals surface area contributed by atoms with Crippen LogP contribution in [0.3, 0.4) is 0 Å². The molecule has 118 valence electrons. The molecular weight excluding hydrogens is 264 g/mol. The maximum absolute atomic E-state index is 11.9. The predicted octanol–water partition coefficient (Wildman–Crippen LogP) is 2.43. The molecule has 21 heavy (non-hydrogen) atoms. The van der Waals surface area contributed by atoms with E-state index in [1.54, 1.807) is 7.11 Å². The summed E-state index contributed by atoms with van der Waals surface area (Å²) in [6, 6.07) is 8.42. The Labute approximate surface area is 128 Å².